The fourth-order valence-electron chi connectivity index (χ4n) is 1.27. The molecule has 0 fully saturated rings. The van der Waals surface area contributed by atoms with E-state index in [1.807, 2.05) is 12.1 Å². The molecule has 0 heterocycles. The summed E-state index contributed by atoms with van der Waals surface area (Å²) in [5, 5.41) is 12.0. The Labute approximate surface area is 95.8 Å². The second kappa shape index (κ2) is 4.75. The molecule has 1 aromatic carbocycles. The van der Waals surface area contributed by atoms with Crippen LogP contribution in [-0.2, 0) is 0 Å². The summed E-state index contributed by atoms with van der Waals surface area (Å²) in [6.45, 7) is 3.60. The van der Waals surface area contributed by atoms with Crippen molar-refractivity contribution in [3.63, 3.8) is 0 Å². The van der Waals surface area contributed by atoms with Crippen molar-refractivity contribution >= 4 is 5.69 Å². The molecule has 0 saturated carbocycles. The molecule has 0 radical (unpaired) electrons. The van der Waals surface area contributed by atoms with Crippen LogP contribution in [0.15, 0.2) is 18.2 Å². The number of anilines is 1. The van der Waals surface area contributed by atoms with Gasteiger partial charge in [-0.1, -0.05) is 0 Å². The Kier molecular flexibility index (Phi) is 3.62. The number of hydrogen-bond donors (Lipinski definition) is 1. The van der Waals surface area contributed by atoms with E-state index in [4.69, 9.17) is 14.7 Å². The second-order valence-electron chi connectivity index (χ2n) is 3.93. The fourth-order valence-corrected chi connectivity index (χ4v) is 1.27. The normalized spacial score (nSPS) is 10.4. The monoisotopic (exact) mass is 220 g/mol. The number of benzene rings is 1. The van der Waals surface area contributed by atoms with Crippen LogP contribution in [0.25, 0.3) is 0 Å². The third kappa shape index (κ3) is 2.80. The Morgan fingerprint density at radius 3 is 2.44 bits per heavy atom. The number of ether oxygens (including phenoxy) is 2. The van der Waals surface area contributed by atoms with E-state index < -0.39 is 5.54 Å². The summed E-state index contributed by atoms with van der Waals surface area (Å²) in [5.74, 6) is 1.37. The Balaban J connectivity index is 3.01. The van der Waals surface area contributed by atoms with Gasteiger partial charge in [0, 0.05) is 6.07 Å². The fraction of sp³-hybridized carbons (Fsp3) is 0.417. The smallest absolute Gasteiger partial charge is 0.145 e. The summed E-state index contributed by atoms with van der Waals surface area (Å²) >= 11 is 0. The summed E-state index contributed by atoms with van der Waals surface area (Å²) in [5.41, 5.74) is 0.136. The average molecular weight is 220 g/mol. The molecule has 0 atom stereocenters. The first-order chi connectivity index (χ1) is 7.52. The quantitative estimate of drug-likeness (QED) is 0.846. The van der Waals surface area contributed by atoms with Gasteiger partial charge in [0.1, 0.15) is 17.0 Å². The van der Waals surface area contributed by atoms with Crippen LogP contribution in [0.5, 0.6) is 11.5 Å². The molecule has 16 heavy (non-hydrogen) atoms. The molecule has 1 N–H and O–H groups in total. The maximum Gasteiger partial charge on any atom is 0.145 e. The highest BCUT2D eigenvalue weighted by atomic mass is 16.5. The van der Waals surface area contributed by atoms with Gasteiger partial charge in [-0.2, -0.15) is 5.26 Å². The lowest BCUT2D eigenvalue weighted by molar-refractivity contribution is 0.395. The van der Waals surface area contributed by atoms with E-state index in [0.29, 0.717) is 5.75 Å². The predicted octanol–water partition coefficient (Wildman–Crippen LogP) is 2.42. The molecule has 0 aliphatic heterocycles. The number of methoxy groups -OCH3 is 2. The van der Waals surface area contributed by atoms with Crippen LogP contribution in [0.3, 0.4) is 0 Å². The summed E-state index contributed by atoms with van der Waals surface area (Å²) in [6, 6.07) is 7.59. The zero-order chi connectivity index (χ0) is 12.2. The van der Waals surface area contributed by atoms with Gasteiger partial charge in [-0.3, -0.25) is 0 Å². The summed E-state index contributed by atoms with van der Waals surface area (Å²) in [4.78, 5) is 0. The standard InChI is InChI=1S/C12H16N2O2/c1-12(2,8-13)14-10-6-5-9(15-3)7-11(10)16-4/h5-7,14H,1-4H3. The van der Waals surface area contributed by atoms with E-state index in [1.54, 1.807) is 34.1 Å². The van der Waals surface area contributed by atoms with E-state index >= 15 is 0 Å². The van der Waals surface area contributed by atoms with Gasteiger partial charge in [-0.25, -0.2) is 0 Å². The highest BCUT2D eigenvalue weighted by Crippen LogP contribution is 2.30. The minimum absolute atomic E-state index is 0.637. The van der Waals surface area contributed by atoms with E-state index in [-0.39, 0.29) is 0 Å². The molecule has 1 rings (SSSR count). The van der Waals surface area contributed by atoms with Gasteiger partial charge in [0.15, 0.2) is 0 Å². The van der Waals surface area contributed by atoms with Crippen LogP contribution in [0.2, 0.25) is 0 Å². The van der Waals surface area contributed by atoms with Crippen LogP contribution in [0.1, 0.15) is 13.8 Å². The number of nitriles is 1. The molecule has 0 amide bonds. The lowest BCUT2D eigenvalue weighted by atomic mass is 10.1. The number of hydrogen-bond acceptors (Lipinski definition) is 4. The molecular weight excluding hydrogens is 204 g/mol. The van der Waals surface area contributed by atoms with Crippen molar-refractivity contribution in [3.05, 3.63) is 18.2 Å². The molecule has 0 aliphatic carbocycles. The van der Waals surface area contributed by atoms with Crippen LogP contribution in [-0.4, -0.2) is 19.8 Å². The minimum atomic E-state index is -0.637. The summed E-state index contributed by atoms with van der Waals surface area (Å²) in [7, 11) is 3.18. The Morgan fingerprint density at radius 2 is 1.94 bits per heavy atom. The molecule has 4 nitrogen and oxygen atoms in total. The van der Waals surface area contributed by atoms with Crippen molar-refractivity contribution in [3.8, 4) is 17.6 Å². The first-order valence-electron chi connectivity index (χ1n) is 4.94. The van der Waals surface area contributed by atoms with Crippen molar-refractivity contribution in [1.82, 2.24) is 0 Å². The molecule has 0 bridgehead atoms. The largest absolute Gasteiger partial charge is 0.497 e. The van der Waals surface area contributed by atoms with Crippen molar-refractivity contribution < 1.29 is 9.47 Å². The van der Waals surface area contributed by atoms with Crippen molar-refractivity contribution in [1.29, 1.82) is 5.26 Å². The molecule has 86 valence electrons. The molecule has 4 heteroatoms. The minimum Gasteiger partial charge on any atom is -0.497 e. The second-order valence-corrected chi connectivity index (χ2v) is 3.93. The molecule has 0 spiro atoms. The molecule has 0 saturated heterocycles. The summed E-state index contributed by atoms with van der Waals surface area (Å²) < 4.78 is 10.3. The highest BCUT2D eigenvalue weighted by molar-refractivity contribution is 5.61. The van der Waals surface area contributed by atoms with E-state index in [2.05, 4.69) is 11.4 Å². The van der Waals surface area contributed by atoms with Gasteiger partial charge in [0.05, 0.1) is 26.0 Å². The van der Waals surface area contributed by atoms with Crippen molar-refractivity contribution in [2.24, 2.45) is 0 Å². The summed E-state index contributed by atoms with van der Waals surface area (Å²) in [6.07, 6.45) is 0. The number of nitrogens with zero attached hydrogens (tertiary/aromatic N) is 1. The average Bonchev–Trinajstić information content (AvgIpc) is 2.29. The lowest BCUT2D eigenvalue weighted by Crippen LogP contribution is -2.28. The SMILES string of the molecule is COc1ccc(NC(C)(C)C#N)c(OC)c1. The molecule has 1 aromatic rings. The van der Waals surface area contributed by atoms with Crippen molar-refractivity contribution in [2.75, 3.05) is 19.5 Å². The maximum absolute atomic E-state index is 8.94. The Morgan fingerprint density at radius 1 is 1.25 bits per heavy atom. The van der Waals surface area contributed by atoms with Gasteiger partial charge < -0.3 is 14.8 Å². The van der Waals surface area contributed by atoms with Crippen LogP contribution in [0.4, 0.5) is 5.69 Å². The van der Waals surface area contributed by atoms with Gasteiger partial charge in [-0.05, 0) is 26.0 Å². The Bertz CT molecular complexity index is 408. The van der Waals surface area contributed by atoms with Gasteiger partial charge >= 0.3 is 0 Å². The molecule has 0 aromatic heterocycles. The third-order valence-corrected chi connectivity index (χ3v) is 2.14. The van der Waals surface area contributed by atoms with Gasteiger partial charge in [-0.15, -0.1) is 0 Å². The number of rotatable bonds is 4. The Hall–Kier alpha value is -1.89. The van der Waals surface area contributed by atoms with Crippen LogP contribution < -0.4 is 14.8 Å². The number of nitrogens with one attached hydrogen (secondary N) is 1. The highest BCUT2D eigenvalue weighted by Gasteiger charge is 2.18. The van der Waals surface area contributed by atoms with Crippen LogP contribution in [0, 0.1) is 11.3 Å². The maximum atomic E-state index is 8.94. The first-order valence-corrected chi connectivity index (χ1v) is 4.94. The first kappa shape index (κ1) is 12.2. The van der Waals surface area contributed by atoms with Crippen LogP contribution >= 0.6 is 0 Å². The van der Waals surface area contributed by atoms with Crippen molar-refractivity contribution in [2.45, 2.75) is 19.4 Å². The molecular formula is C12H16N2O2. The molecule has 0 aliphatic rings. The topological polar surface area (TPSA) is 54.3 Å². The zero-order valence-electron chi connectivity index (χ0n) is 10.00. The van der Waals surface area contributed by atoms with Gasteiger partial charge in [0.2, 0.25) is 0 Å². The van der Waals surface area contributed by atoms with Gasteiger partial charge in [0.25, 0.3) is 0 Å². The van der Waals surface area contributed by atoms with E-state index in [1.165, 1.54) is 0 Å². The van der Waals surface area contributed by atoms with E-state index in [0.717, 1.165) is 11.4 Å². The van der Waals surface area contributed by atoms with E-state index in [9.17, 15) is 0 Å². The molecule has 0 unspecified atom stereocenters. The lowest BCUT2D eigenvalue weighted by Gasteiger charge is -2.21. The zero-order valence-corrected chi connectivity index (χ0v) is 10.00. The third-order valence-electron chi connectivity index (χ3n) is 2.14. The predicted molar refractivity (Wildman–Crippen MR) is 62.9 cm³/mol.